The van der Waals surface area contributed by atoms with Gasteiger partial charge in [-0.05, 0) is 30.3 Å². The molecule has 2 aromatic carbocycles. The molecule has 0 unspecified atom stereocenters. The second kappa shape index (κ2) is 9.16. The Labute approximate surface area is 173 Å². The third-order valence-corrected chi connectivity index (χ3v) is 4.44. The molecule has 150 valence electrons. The molecule has 7 nitrogen and oxygen atoms in total. The van der Waals surface area contributed by atoms with Crippen molar-refractivity contribution in [2.75, 3.05) is 26.1 Å². The summed E-state index contributed by atoms with van der Waals surface area (Å²) in [6.07, 6.45) is 3.70. The summed E-state index contributed by atoms with van der Waals surface area (Å²) in [4.78, 5) is 24.1. The highest BCUT2D eigenvalue weighted by Crippen LogP contribution is 2.30. The highest BCUT2D eigenvalue weighted by Gasteiger charge is 2.17. The van der Waals surface area contributed by atoms with Crippen molar-refractivity contribution in [1.29, 1.82) is 0 Å². The van der Waals surface area contributed by atoms with E-state index in [0.29, 0.717) is 33.5 Å². The average molecular weight is 414 g/mol. The zero-order valence-electron chi connectivity index (χ0n) is 15.9. The maximum absolute atomic E-state index is 12.8. The molecule has 0 aliphatic carbocycles. The summed E-state index contributed by atoms with van der Waals surface area (Å²) in [5.74, 6) is 0.217. The van der Waals surface area contributed by atoms with Crippen LogP contribution in [0, 0.1) is 0 Å². The minimum Gasteiger partial charge on any atom is -0.496 e. The number of anilines is 1. The second-order valence-corrected chi connectivity index (χ2v) is 6.45. The number of carbonyl (C=O) groups is 2. The molecule has 0 radical (unpaired) electrons. The van der Waals surface area contributed by atoms with Crippen molar-refractivity contribution in [3.05, 3.63) is 71.5 Å². The summed E-state index contributed by atoms with van der Waals surface area (Å²) in [6.45, 7) is -0.113. The normalized spacial score (nSPS) is 10.3. The standard InChI is InChI=1S/C21H20ClN3O4/c1-23-20(26)13-29-15-7-5-6-14(10-15)24-21(27)16-11-17(22)18(12-19(16)28-2)25-8-3-4-9-25/h3-12H,13H2,1-2H3,(H,23,26)(H,24,27). The van der Waals surface area contributed by atoms with Crippen molar-refractivity contribution < 1.29 is 19.1 Å². The number of hydrogen-bond donors (Lipinski definition) is 2. The minimum absolute atomic E-state index is 0.113. The number of hydrogen-bond acceptors (Lipinski definition) is 4. The van der Waals surface area contributed by atoms with Crippen molar-refractivity contribution in [3.63, 3.8) is 0 Å². The summed E-state index contributed by atoms with van der Waals surface area (Å²) in [5, 5.41) is 5.68. The molecule has 8 heteroatoms. The van der Waals surface area contributed by atoms with Crippen molar-refractivity contribution in [2.24, 2.45) is 0 Å². The number of likely N-dealkylation sites (N-methyl/N-ethyl adjacent to an activating group) is 1. The van der Waals surface area contributed by atoms with Crippen LogP contribution in [0.2, 0.25) is 5.02 Å². The van der Waals surface area contributed by atoms with Crippen molar-refractivity contribution in [1.82, 2.24) is 9.88 Å². The van der Waals surface area contributed by atoms with Gasteiger partial charge >= 0.3 is 0 Å². The van der Waals surface area contributed by atoms with E-state index in [4.69, 9.17) is 21.1 Å². The molecular formula is C21H20ClN3O4. The summed E-state index contributed by atoms with van der Waals surface area (Å²) >= 11 is 6.39. The Morgan fingerprint density at radius 1 is 1.10 bits per heavy atom. The van der Waals surface area contributed by atoms with Crippen LogP contribution in [-0.4, -0.2) is 37.1 Å². The number of aromatic nitrogens is 1. The molecule has 0 fully saturated rings. The van der Waals surface area contributed by atoms with Gasteiger partial charge in [-0.3, -0.25) is 9.59 Å². The van der Waals surface area contributed by atoms with E-state index in [2.05, 4.69) is 10.6 Å². The first-order valence-electron chi connectivity index (χ1n) is 8.77. The van der Waals surface area contributed by atoms with Gasteiger partial charge in [-0.2, -0.15) is 0 Å². The highest BCUT2D eigenvalue weighted by atomic mass is 35.5. The Balaban J connectivity index is 1.80. The largest absolute Gasteiger partial charge is 0.496 e. The van der Waals surface area contributed by atoms with Gasteiger partial charge in [-0.1, -0.05) is 17.7 Å². The molecule has 1 aromatic heterocycles. The Bertz CT molecular complexity index is 1020. The number of amides is 2. The predicted octanol–water partition coefficient (Wildman–Crippen LogP) is 3.52. The first kappa shape index (κ1) is 20.3. The van der Waals surface area contributed by atoms with Crippen molar-refractivity contribution in [3.8, 4) is 17.2 Å². The lowest BCUT2D eigenvalue weighted by Gasteiger charge is -2.14. The van der Waals surface area contributed by atoms with Gasteiger partial charge in [0, 0.05) is 37.3 Å². The smallest absolute Gasteiger partial charge is 0.259 e. The number of halogens is 1. The maximum Gasteiger partial charge on any atom is 0.259 e. The fourth-order valence-electron chi connectivity index (χ4n) is 2.67. The molecule has 0 saturated heterocycles. The number of rotatable bonds is 7. The Morgan fingerprint density at radius 2 is 1.86 bits per heavy atom. The molecule has 2 N–H and O–H groups in total. The summed E-state index contributed by atoms with van der Waals surface area (Å²) in [6, 6.07) is 13.8. The summed E-state index contributed by atoms with van der Waals surface area (Å²) in [7, 11) is 3.02. The highest BCUT2D eigenvalue weighted by molar-refractivity contribution is 6.33. The van der Waals surface area contributed by atoms with Gasteiger partial charge in [0.2, 0.25) is 0 Å². The van der Waals surface area contributed by atoms with Crippen LogP contribution in [0.25, 0.3) is 5.69 Å². The number of nitrogens with one attached hydrogen (secondary N) is 2. The van der Waals surface area contributed by atoms with E-state index in [-0.39, 0.29) is 18.4 Å². The summed E-state index contributed by atoms with van der Waals surface area (Å²) < 4.78 is 12.6. The fraction of sp³-hybridized carbons (Fsp3) is 0.143. The average Bonchev–Trinajstić information content (AvgIpc) is 3.26. The van der Waals surface area contributed by atoms with Crippen LogP contribution < -0.4 is 20.1 Å². The molecule has 1 heterocycles. The lowest BCUT2D eigenvalue weighted by molar-refractivity contribution is -0.122. The third kappa shape index (κ3) is 4.89. The fourth-order valence-corrected chi connectivity index (χ4v) is 2.93. The van der Waals surface area contributed by atoms with E-state index in [0.717, 1.165) is 0 Å². The van der Waals surface area contributed by atoms with E-state index in [1.54, 1.807) is 36.4 Å². The van der Waals surface area contributed by atoms with E-state index in [9.17, 15) is 9.59 Å². The molecule has 0 atom stereocenters. The molecular weight excluding hydrogens is 394 g/mol. The molecule has 3 aromatic rings. The number of carbonyl (C=O) groups excluding carboxylic acids is 2. The molecule has 0 aliphatic rings. The monoisotopic (exact) mass is 413 g/mol. The molecule has 0 bridgehead atoms. The van der Waals surface area contributed by atoms with E-state index in [1.807, 2.05) is 29.1 Å². The minimum atomic E-state index is -0.383. The van der Waals surface area contributed by atoms with Gasteiger partial charge in [0.05, 0.1) is 23.4 Å². The number of nitrogens with zero attached hydrogens (tertiary/aromatic N) is 1. The predicted molar refractivity (Wildman–Crippen MR) is 111 cm³/mol. The van der Waals surface area contributed by atoms with Crippen LogP contribution in [-0.2, 0) is 4.79 Å². The SMILES string of the molecule is CNC(=O)COc1cccc(NC(=O)c2cc(Cl)c(-n3cccc3)cc2OC)c1. The quantitative estimate of drug-likeness (QED) is 0.621. The molecule has 3 rings (SSSR count). The number of benzene rings is 2. The molecule has 29 heavy (non-hydrogen) atoms. The zero-order valence-corrected chi connectivity index (χ0v) is 16.7. The van der Waals surface area contributed by atoms with E-state index >= 15 is 0 Å². The Kier molecular flexibility index (Phi) is 6.41. The van der Waals surface area contributed by atoms with Crippen LogP contribution in [0.15, 0.2) is 60.9 Å². The van der Waals surface area contributed by atoms with Crippen LogP contribution >= 0.6 is 11.6 Å². The first-order valence-corrected chi connectivity index (χ1v) is 9.15. The maximum atomic E-state index is 12.8. The lowest BCUT2D eigenvalue weighted by Crippen LogP contribution is -2.24. The van der Waals surface area contributed by atoms with Crippen molar-refractivity contribution in [2.45, 2.75) is 0 Å². The second-order valence-electron chi connectivity index (χ2n) is 6.04. The molecule has 0 spiro atoms. The lowest BCUT2D eigenvalue weighted by atomic mass is 10.1. The molecule has 0 saturated carbocycles. The van der Waals surface area contributed by atoms with E-state index < -0.39 is 0 Å². The van der Waals surface area contributed by atoms with Crippen molar-refractivity contribution >= 4 is 29.1 Å². The Hall–Kier alpha value is -3.45. The first-order chi connectivity index (χ1) is 14.0. The van der Waals surface area contributed by atoms with Gasteiger partial charge in [0.15, 0.2) is 6.61 Å². The van der Waals surface area contributed by atoms with Crippen LogP contribution in [0.1, 0.15) is 10.4 Å². The van der Waals surface area contributed by atoms with Gasteiger partial charge in [0.25, 0.3) is 11.8 Å². The third-order valence-electron chi connectivity index (χ3n) is 4.14. The molecule has 2 amide bonds. The van der Waals surface area contributed by atoms with Crippen LogP contribution in [0.4, 0.5) is 5.69 Å². The number of ether oxygens (including phenoxy) is 2. The van der Waals surface area contributed by atoms with Gasteiger partial charge in [0.1, 0.15) is 11.5 Å². The van der Waals surface area contributed by atoms with E-state index in [1.165, 1.54) is 14.2 Å². The zero-order chi connectivity index (χ0) is 20.8. The van der Waals surface area contributed by atoms with Gasteiger partial charge in [-0.25, -0.2) is 0 Å². The topological polar surface area (TPSA) is 81.6 Å². The van der Waals surface area contributed by atoms with Gasteiger partial charge in [-0.15, -0.1) is 0 Å². The molecule has 0 aliphatic heterocycles. The van der Waals surface area contributed by atoms with Crippen LogP contribution in [0.3, 0.4) is 0 Å². The van der Waals surface area contributed by atoms with Crippen LogP contribution in [0.5, 0.6) is 11.5 Å². The van der Waals surface area contributed by atoms with Gasteiger partial charge < -0.3 is 24.7 Å². The Morgan fingerprint density at radius 3 is 2.55 bits per heavy atom. The number of methoxy groups -OCH3 is 1. The summed E-state index contributed by atoms with van der Waals surface area (Å²) in [5.41, 5.74) is 1.51.